The van der Waals surface area contributed by atoms with Gasteiger partial charge in [-0.3, -0.25) is 4.79 Å². The molecule has 5 nitrogen and oxygen atoms in total. The topological polar surface area (TPSA) is 75.6 Å². The molecule has 0 aromatic heterocycles. The van der Waals surface area contributed by atoms with E-state index >= 15 is 0 Å². The third-order valence-electron chi connectivity index (χ3n) is 3.24. The highest BCUT2D eigenvalue weighted by Gasteiger charge is 2.36. The number of ether oxygens (including phenoxy) is 1. The highest BCUT2D eigenvalue weighted by Crippen LogP contribution is 2.14. The zero-order valence-corrected chi connectivity index (χ0v) is 13.2. The number of hydrogen-bond donors (Lipinski definition) is 2. The van der Waals surface area contributed by atoms with Crippen molar-refractivity contribution >= 4 is 23.5 Å². The third-order valence-corrected chi connectivity index (χ3v) is 3.49. The van der Waals surface area contributed by atoms with Gasteiger partial charge in [0, 0.05) is 10.6 Å². The summed E-state index contributed by atoms with van der Waals surface area (Å²) < 4.78 is 5.47. The van der Waals surface area contributed by atoms with Gasteiger partial charge in [0.05, 0.1) is 0 Å². The first-order chi connectivity index (χ1) is 10.9. The van der Waals surface area contributed by atoms with Crippen LogP contribution in [0.1, 0.15) is 17.3 Å². The molecular weight excluding hydrogens is 318 g/mol. The quantitative estimate of drug-likeness (QED) is 0.852. The van der Waals surface area contributed by atoms with E-state index in [4.69, 9.17) is 16.3 Å². The lowest BCUT2D eigenvalue weighted by atomic mass is 10.0. The van der Waals surface area contributed by atoms with Crippen molar-refractivity contribution in [3.63, 3.8) is 0 Å². The van der Waals surface area contributed by atoms with E-state index in [1.165, 1.54) is 19.1 Å². The average Bonchev–Trinajstić information content (AvgIpc) is 2.54. The highest BCUT2D eigenvalue weighted by molar-refractivity contribution is 6.30. The molecule has 0 radical (unpaired) electrons. The lowest BCUT2D eigenvalue weighted by Crippen LogP contribution is -2.56. The second-order valence-corrected chi connectivity index (χ2v) is 5.64. The van der Waals surface area contributed by atoms with Crippen LogP contribution in [0.4, 0.5) is 0 Å². The maximum Gasteiger partial charge on any atom is 0.332 e. The van der Waals surface area contributed by atoms with Gasteiger partial charge in [-0.15, -0.1) is 0 Å². The largest absolute Gasteiger partial charge is 0.491 e. The fraction of sp³-hybridized carbons (Fsp3) is 0.176. The zero-order chi connectivity index (χ0) is 16.9. The molecule has 2 aromatic rings. The summed E-state index contributed by atoms with van der Waals surface area (Å²) in [7, 11) is 0. The summed E-state index contributed by atoms with van der Waals surface area (Å²) in [5.41, 5.74) is -1.24. The number of carbonyl (C=O) groups excluding carboxylic acids is 1. The SMILES string of the molecule is CC(COc1ccccc1)(NC(=O)c1ccc(Cl)cc1)C(=O)O. The Labute approximate surface area is 138 Å². The van der Waals surface area contributed by atoms with Gasteiger partial charge >= 0.3 is 5.97 Å². The van der Waals surface area contributed by atoms with E-state index in [-0.39, 0.29) is 6.61 Å². The monoisotopic (exact) mass is 333 g/mol. The van der Waals surface area contributed by atoms with Crippen LogP contribution in [-0.2, 0) is 4.79 Å². The molecular formula is C17H16ClNO4. The Hall–Kier alpha value is -2.53. The van der Waals surface area contributed by atoms with Crippen LogP contribution in [0, 0.1) is 0 Å². The Bertz CT molecular complexity index is 687. The molecule has 2 N–H and O–H groups in total. The van der Waals surface area contributed by atoms with Gasteiger partial charge in [0.15, 0.2) is 5.54 Å². The molecule has 0 aliphatic carbocycles. The predicted octanol–water partition coefficient (Wildman–Crippen LogP) is 2.99. The van der Waals surface area contributed by atoms with Crippen molar-refractivity contribution in [1.82, 2.24) is 5.32 Å². The van der Waals surface area contributed by atoms with Gasteiger partial charge < -0.3 is 15.2 Å². The number of halogens is 1. The van der Waals surface area contributed by atoms with Crippen molar-refractivity contribution in [3.8, 4) is 5.75 Å². The first kappa shape index (κ1) is 16.8. The molecule has 1 unspecified atom stereocenters. The summed E-state index contributed by atoms with van der Waals surface area (Å²) in [5.74, 6) is -1.17. The van der Waals surface area contributed by atoms with E-state index in [1.54, 1.807) is 36.4 Å². The first-order valence-electron chi connectivity index (χ1n) is 6.90. The van der Waals surface area contributed by atoms with Crippen LogP contribution in [0.15, 0.2) is 54.6 Å². The molecule has 1 atom stereocenters. The molecule has 23 heavy (non-hydrogen) atoms. The zero-order valence-electron chi connectivity index (χ0n) is 12.5. The van der Waals surface area contributed by atoms with Crippen LogP contribution < -0.4 is 10.1 Å². The van der Waals surface area contributed by atoms with Gasteiger partial charge in [-0.2, -0.15) is 0 Å². The van der Waals surface area contributed by atoms with Gasteiger partial charge in [-0.25, -0.2) is 4.79 Å². The van der Waals surface area contributed by atoms with Crippen LogP contribution in [0.25, 0.3) is 0 Å². The standard InChI is InChI=1S/C17H16ClNO4/c1-17(16(21)22,11-23-14-5-3-2-4-6-14)19-15(20)12-7-9-13(18)10-8-12/h2-10H,11H2,1H3,(H,19,20)(H,21,22). The Morgan fingerprint density at radius 1 is 1.13 bits per heavy atom. The second-order valence-electron chi connectivity index (χ2n) is 5.20. The van der Waals surface area contributed by atoms with Gasteiger partial charge in [0.1, 0.15) is 12.4 Å². The van der Waals surface area contributed by atoms with Crippen molar-refractivity contribution < 1.29 is 19.4 Å². The number of carbonyl (C=O) groups is 2. The molecule has 0 heterocycles. The van der Waals surface area contributed by atoms with Crippen LogP contribution in [0.3, 0.4) is 0 Å². The molecule has 0 spiro atoms. The highest BCUT2D eigenvalue weighted by atomic mass is 35.5. The Kier molecular flexibility index (Phi) is 5.24. The van der Waals surface area contributed by atoms with Gasteiger partial charge in [0.2, 0.25) is 0 Å². The summed E-state index contributed by atoms with van der Waals surface area (Å²) in [6.45, 7) is 1.19. The molecule has 120 valence electrons. The molecule has 1 amide bonds. The van der Waals surface area contributed by atoms with Crippen LogP contribution in [-0.4, -0.2) is 29.1 Å². The van der Waals surface area contributed by atoms with Gasteiger partial charge in [-0.05, 0) is 43.3 Å². The van der Waals surface area contributed by atoms with E-state index in [2.05, 4.69) is 5.32 Å². The lowest BCUT2D eigenvalue weighted by molar-refractivity contribution is -0.145. The van der Waals surface area contributed by atoms with Gasteiger partial charge in [-0.1, -0.05) is 29.8 Å². The van der Waals surface area contributed by atoms with Crippen LogP contribution in [0.2, 0.25) is 5.02 Å². The van der Waals surface area contributed by atoms with Crippen molar-refractivity contribution in [2.45, 2.75) is 12.5 Å². The van der Waals surface area contributed by atoms with Gasteiger partial charge in [0.25, 0.3) is 5.91 Å². The van der Waals surface area contributed by atoms with E-state index in [0.717, 1.165) is 0 Å². The summed E-state index contributed by atoms with van der Waals surface area (Å²) in [6, 6.07) is 15.0. The Morgan fingerprint density at radius 3 is 2.30 bits per heavy atom. The number of amides is 1. The molecule has 0 saturated heterocycles. The number of hydrogen-bond acceptors (Lipinski definition) is 3. The van der Waals surface area contributed by atoms with Crippen molar-refractivity contribution in [3.05, 3.63) is 65.2 Å². The van der Waals surface area contributed by atoms with E-state index < -0.39 is 17.4 Å². The number of carboxylic acid groups (broad SMARTS) is 1. The van der Waals surface area contributed by atoms with Crippen LogP contribution in [0.5, 0.6) is 5.75 Å². The van der Waals surface area contributed by atoms with Crippen molar-refractivity contribution in [1.29, 1.82) is 0 Å². The second kappa shape index (κ2) is 7.15. The number of aliphatic carboxylic acids is 1. The molecule has 0 bridgehead atoms. The molecule has 0 aliphatic rings. The summed E-state index contributed by atoms with van der Waals surface area (Å²) in [6.07, 6.45) is 0. The van der Waals surface area contributed by atoms with Crippen molar-refractivity contribution in [2.75, 3.05) is 6.61 Å². The number of nitrogens with one attached hydrogen (secondary N) is 1. The first-order valence-corrected chi connectivity index (χ1v) is 7.28. The maximum atomic E-state index is 12.2. The molecule has 2 rings (SSSR count). The molecule has 2 aromatic carbocycles. The Morgan fingerprint density at radius 2 is 1.74 bits per heavy atom. The van der Waals surface area contributed by atoms with E-state index in [1.807, 2.05) is 6.07 Å². The molecule has 0 fully saturated rings. The minimum absolute atomic E-state index is 0.203. The summed E-state index contributed by atoms with van der Waals surface area (Å²) in [4.78, 5) is 23.8. The molecule has 0 aliphatic heterocycles. The summed E-state index contributed by atoms with van der Waals surface area (Å²) >= 11 is 5.77. The minimum Gasteiger partial charge on any atom is -0.491 e. The Balaban J connectivity index is 2.09. The minimum atomic E-state index is -1.56. The lowest BCUT2D eigenvalue weighted by Gasteiger charge is -2.26. The summed E-state index contributed by atoms with van der Waals surface area (Å²) in [5, 5.41) is 12.4. The molecule has 6 heteroatoms. The van der Waals surface area contributed by atoms with E-state index in [0.29, 0.717) is 16.3 Å². The smallest absolute Gasteiger partial charge is 0.332 e. The third kappa shape index (κ3) is 4.47. The predicted molar refractivity (Wildman–Crippen MR) is 86.9 cm³/mol. The number of carboxylic acids is 1. The fourth-order valence-corrected chi connectivity index (χ4v) is 1.95. The van der Waals surface area contributed by atoms with E-state index in [9.17, 15) is 14.7 Å². The maximum absolute atomic E-state index is 12.2. The average molecular weight is 334 g/mol. The fourth-order valence-electron chi connectivity index (χ4n) is 1.82. The number of para-hydroxylation sites is 1. The van der Waals surface area contributed by atoms with Crippen LogP contribution >= 0.6 is 11.6 Å². The normalized spacial score (nSPS) is 13.0. The van der Waals surface area contributed by atoms with Crippen molar-refractivity contribution in [2.24, 2.45) is 0 Å². The number of benzene rings is 2. The molecule has 0 saturated carbocycles. The number of rotatable bonds is 6.